The fourth-order valence-electron chi connectivity index (χ4n) is 2.47. The van der Waals surface area contributed by atoms with Gasteiger partial charge >= 0.3 is 6.03 Å². The number of rotatable bonds is 3. The van der Waals surface area contributed by atoms with Gasteiger partial charge in [-0.3, -0.25) is 14.9 Å². The van der Waals surface area contributed by atoms with Gasteiger partial charge < -0.3 is 9.84 Å². The van der Waals surface area contributed by atoms with Crippen LogP contribution in [0, 0.1) is 0 Å². The van der Waals surface area contributed by atoms with Gasteiger partial charge in [-0.15, -0.1) is 0 Å². The Balaban J connectivity index is 2.03. The van der Waals surface area contributed by atoms with E-state index in [0.29, 0.717) is 5.56 Å². The number of methoxy groups -OCH3 is 1. The molecule has 0 unspecified atom stereocenters. The second-order valence-electron chi connectivity index (χ2n) is 5.49. The number of nitrogens with one attached hydrogen (secondary N) is 1. The number of ether oxygens (including phenoxy) is 1. The summed E-state index contributed by atoms with van der Waals surface area (Å²) in [5.41, 5.74) is 0.314. The molecular formula is C18H12Cl2N2O5. The van der Waals surface area contributed by atoms with Gasteiger partial charge in [0.05, 0.1) is 22.8 Å². The molecule has 2 aromatic carbocycles. The van der Waals surface area contributed by atoms with Crippen molar-refractivity contribution in [2.24, 2.45) is 0 Å². The minimum absolute atomic E-state index is 0.0910. The van der Waals surface area contributed by atoms with E-state index in [0.717, 1.165) is 4.90 Å². The van der Waals surface area contributed by atoms with Gasteiger partial charge in [-0.05, 0) is 42.0 Å². The number of phenols is 1. The molecule has 0 atom stereocenters. The highest BCUT2D eigenvalue weighted by atomic mass is 35.5. The zero-order valence-electron chi connectivity index (χ0n) is 13.8. The number of phenolic OH excluding ortho intramolecular Hbond substituents is 1. The first-order chi connectivity index (χ1) is 12.8. The first-order valence-electron chi connectivity index (χ1n) is 7.55. The van der Waals surface area contributed by atoms with Crippen LogP contribution in [0.4, 0.5) is 10.5 Å². The van der Waals surface area contributed by atoms with Gasteiger partial charge in [-0.2, -0.15) is 0 Å². The summed E-state index contributed by atoms with van der Waals surface area (Å²) in [4.78, 5) is 37.9. The number of amides is 4. The third-order valence-corrected chi connectivity index (χ3v) is 4.52. The van der Waals surface area contributed by atoms with Crippen molar-refractivity contribution in [3.05, 3.63) is 57.6 Å². The molecule has 138 valence electrons. The molecule has 1 aliphatic rings. The maximum absolute atomic E-state index is 12.8. The molecule has 0 radical (unpaired) electrons. The van der Waals surface area contributed by atoms with E-state index in [9.17, 15) is 19.5 Å². The highest BCUT2D eigenvalue weighted by Crippen LogP contribution is 2.30. The number of carbonyl (C=O) groups excluding carboxylic acids is 3. The van der Waals surface area contributed by atoms with Crippen molar-refractivity contribution in [3.8, 4) is 11.5 Å². The van der Waals surface area contributed by atoms with Crippen LogP contribution >= 0.6 is 23.2 Å². The summed E-state index contributed by atoms with van der Waals surface area (Å²) in [6.07, 6.45) is 1.29. The van der Waals surface area contributed by atoms with Crippen molar-refractivity contribution in [2.75, 3.05) is 12.0 Å². The van der Waals surface area contributed by atoms with Crippen molar-refractivity contribution in [2.45, 2.75) is 0 Å². The van der Waals surface area contributed by atoms with Gasteiger partial charge in [0.25, 0.3) is 11.8 Å². The topological polar surface area (TPSA) is 95.9 Å². The van der Waals surface area contributed by atoms with Gasteiger partial charge in [0.1, 0.15) is 5.57 Å². The molecule has 4 amide bonds. The molecule has 1 fully saturated rings. The van der Waals surface area contributed by atoms with E-state index in [2.05, 4.69) is 5.32 Å². The van der Waals surface area contributed by atoms with Crippen molar-refractivity contribution >= 4 is 52.8 Å². The summed E-state index contributed by atoms with van der Waals surface area (Å²) >= 11 is 11.8. The van der Waals surface area contributed by atoms with Crippen molar-refractivity contribution in [3.63, 3.8) is 0 Å². The highest BCUT2D eigenvalue weighted by Gasteiger charge is 2.37. The number of anilines is 1. The second kappa shape index (κ2) is 7.30. The monoisotopic (exact) mass is 406 g/mol. The minimum Gasteiger partial charge on any atom is -0.504 e. The minimum atomic E-state index is -0.899. The van der Waals surface area contributed by atoms with Crippen molar-refractivity contribution in [1.29, 1.82) is 0 Å². The van der Waals surface area contributed by atoms with E-state index in [1.165, 1.54) is 49.6 Å². The Bertz CT molecular complexity index is 1000. The van der Waals surface area contributed by atoms with E-state index in [4.69, 9.17) is 27.9 Å². The Morgan fingerprint density at radius 1 is 1.07 bits per heavy atom. The molecule has 1 heterocycles. The average molecular weight is 407 g/mol. The van der Waals surface area contributed by atoms with E-state index >= 15 is 0 Å². The lowest BCUT2D eigenvalue weighted by atomic mass is 10.1. The van der Waals surface area contributed by atoms with Crippen molar-refractivity contribution in [1.82, 2.24) is 5.32 Å². The van der Waals surface area contributed by atoms with Gasteiger partial charge in [0.2, 0.25) is 0 Å². The maximum Gasteiger partial charge on any atom is 0.335 e. The molecule has 2 N–H and O–H groups in total. The number of hydrogen-bond acceptors (Lipinski definition) is 5. The summed E-state index contributed by atoms with van der Waals surface area (Å²) in [6, 6.07) is 7.61. The first kappa shape index (κ1) is 18.8. The van der Waals surface area contributed by atoms with Crippen LogP contribution in [-0.2, 0) is 9.59 Å². The molecule has 3 rings (SSSR count). The fraction of sp³-hybridized carbons (Fsp3) is 0.0556. The standard InChI is InChI=1S/C18H12Cl2N2O5/c1-27-15-7-9(2-5-14(15)23)6-11-16(24)21-18(26)22(17(11)25)10-3-4-12(19)13(20)8-10/h2-8,23H,1H3,(H,21,24,26)/b11-6+. The number of urea groups is 1. The number of aromatic hydroxyl groups is 1. The zero-order valence-corrected chi connectivity index (χ0v) is 15.3. The van der Waals surface area contributed by atoms with E-state index in [1.54, 1.807) is 0 Å². The number of carbonyl (C=O) groups is 3. The predicted octanol–water partition coefficient (Wildman–Crippen LogP) is 3.37. The predicted molar refractivity (Wildman–Crippen MR) is 100 cm³/mol. The third kappa shape index (κ3) is 3.60. The first-order valence-corrected chi connectivity index (χ1v) is 8.31. The molecule has 0 aliphatic carbocycles. The average Bonchev–Trinajstić information content (AvgIpc) is 2.62. The summed E-state index contributed by atoms with van der Waals surface area (Å²) in [6.45, 7) is 0. The SMILES string of the molecule is COc1cc(/C=C2\C(=O)NC(=O)N(c3ccc(Cl)c(Cl)c3)C2=O)ccc1O. The number of imide groups is 2. The summed E-state index contributed by atoms with van der Waals surface area (Å²) in [5, 5.41) is 12.2. The van der Waals surface area contributed by atoms with E-state index in [-0.39, 0.29) is 32.8 Å². The molecule has 0 saturated carbocycles. The van der Waals surface area contributed by atoms with Crippen molar-refractivity contribution < 1.29 is 24.2 Å². The summed E-state index contributed by atoms with van der Waals surface area (Å²) in [7, 11) is 1.37. The Labute approximate surface area is 163 Å². The summed E-state index contributed by atoms with van der Waals surface area (Å²) < 4.78 is 5.00. The van der Waals surface area contributed by atoms with Gasteiger partial charge in [-0.25, -0.2) is 9.69 Å². The van der Waals surface area contributed by atoms with Crippen LogP contribution in [0.15, 0.2) is 42.0 Å². The Morgan fingerprint density at radius 3 is 2.48 bits per heavy atom. The van der Waals surface area contributed by atoms with Crippen LogP contribution in [-0.4, -0.2) is 30.1 Å². The number of benzene rings is 2. The van der Waals surface area contributed by atoms with Crippen LogP contribution < -0.4 is 15.0 Å². The lowest BCUT2D eigenvalue weighted by Gasteiger charge is -2.26. The van der Waals surface area contributed by atoms with Crippen LogP contribution in [0.2, 0.25) is 10.0 Å². The zero-order chi connectivity index (χ0) is 19.7. The Hall–Kier alpha value is -3.03. The molecular weight excluding hydrogens is 395 g/mol. The Morgan fingerprint density at radius 2 is 1.81 bits per heavy atom. The molecule has 1 aliphatic heterocycles. The van der Waals surface area contributed by atoms with Gasteiger partial charge in [-0.1, -0.05) is 29.3 Å². The largest absolute Gasteiger partial charge is 0.504 e. The number of nitrogens with zero attached hydrogens (tertiary/aromatic N) is 1. The van der Waals surface area contributed by atoms with Crippen LogP contribution in [0.3, 0.4) is 0 Å². The summed E-state index contributed by atoms with van der Waals surface area (Å²) in [5.74, 6) is -1.58. The quantitative estimate of drug-likeness (QED) is 0.601. The Kier molecular flexibility index (Phi) is 5.07. The van der Waals surface area contributed by atoms with E-state index in [1.807, 2.05) is 0 Å². The molecule has 0 bridgehead atoms. The number of barbiturate groups is 1. The molecule has 0 spiro atoms. The third-order valence-electron chi connectivity index (χ3n) is 3.78. The normalized spacial score (nSPS) is 15.9. The number of hydrogen-bond donors (Lipinski definition) is 2. The highest BCUT2D eigenvalue weighted by molar-refractivity contribution is 6.43. The lowest BCUT2D eigenvalue weighted by Crippen LogP contribution is -2.54. The molecule has 0 aromatic heterocycles. The molecule has 7 nitrogen and oxygen atoms in total. The van der Waals surface area contributed by atoms with Crippen LogP contribution in [0.25, 0.3) is 6.08 Å². The van der Waals surface area contributed by atoms with Crippen LogP contribution in [0.5, 0.6) is 11.5 Å². The molecule has 1 saturated heterocycles. The molecule has 2 aromatic rings. The lowest BCUT2D eigenvalue weighted by molar-refractivity contribution is -0.122. The second-order valence-corrected chi connectivity index (χ2v) is 6.30. The maximum atomic E-state index is 12.8. The van der Waals surface area contributed by atoms with E-state index < -0.39 is 17.8 Å². The molecule has 9 heteroatoms. The number of halogens is 2. The van der Waals surface area contributed by atoms with Gasteiger partial charge in [0, 0.05) is 0 Å². The van der Waals surface area contributed by atoms with Gasteiger partial charge in [0.15, 0.2) is 11.5 Å². The van der Waals surface area contributed by atoms with Crippen LogP contribution in [0.1, 0.15) is 5.56 Å². The smallest absolute Gasteiger partial charge is 0.335 e. The fourth-order valence-corrected chi connectivity index (χ4v) is 2.76. The molecule has 27 heavy (non-hydrogen) atoms.